The summed E-state index contributed by atoms with van der Waals surface area (Å²) in [7, 11) is 4.84. The van der Waals surface area contributed by atoms with Crippen LogP contribution in [0.3, 0.4) is 0 Å². The molecule has 0 bridgehead atoms. The van der Waals surface area contributed by atoms with Crippen molar-refractivity contribution in [2.45, 2.75) is 44.7 Å². The number of rotatable bonds is 7. The van der Waals surface area contributed by atoms with Gasteiger partial charge in [-0.25, -0.2) is 0 Å². The van der Waals surface area contributed by atoms with E-state index >= 15 is 0 Å². The normalized spacial score (nSPS) is 20.1. The summed E-state index contributed by atoms with van der Waals surface area (Å²) in [6.45, 7) is 3.65. The Morgan fingerprint density at radius 3 is 1.86 bits per heavy atom. The molecule has 1 N–H and O–H groups in total. The van der Waals surface area contributed by atoms with Crippen molar-refractivity contribution in [1.29, 1.82) is 0 Å². The summed E-state index contributed by atoms with van der Waals surface area (Å²) in [4.78, 5) is 0. The Kier molecular flexibility index (Phi) is 7.09. The molecule has 4 atom stereocenters. The highest BCUT2D eigenvalue weighted by atomic mass is 16.5. The first-order valence-corrected chi connectivity index (χ1v) is 4.83. The maximum absolute atomic E-state index is 9.45. The van der Waals surface area contributed by atoms with Gasteiger partial charge < -0.3 is 19.3 Å². The predicted molar refractivity (Wildman–Crippen MR) is 54.4 cm³/mol. The molecule has 0 aliphatic carbocycles. The van der Waals surface area contributed by atoms with Crippen molar-refractivity contribution in [3.8, 4) is 0 Å². The Morgan fingerprint density at radius 2 is 1.57 bits per heavy atom. The molecule has 0 saturated heterocycles. The molecule has 0 heterocycles. The van der Waals surface area contributed by atoms with Crippen LogP contribution in [0.4, 0.5) is 0 Å². The number of methoxy groups -OCH3 is 3. The molecule has 0 fully saturated rings. The van der Waals surface area contributed by atoms with Crippen LogP contribution < -0.4 is 0 Å². The molecule has 0 rings (SSSR count). The molecule has 0 spiro atoms. The number of aliphatic hydroxyl groups is 1. The van der Waals surface area contributed by atoms with Crippen molar-refractivity contribution in [3.05, 3.63) is 0 Å². The molecular formula is C10H22O4. The smallest absolute Gasteiger partial charge is 0.109 e. The molecule has 0 amide bonds. The maximum atomic E-state index is 9.45. The van der Waals surface area contributed by atoms with E-state index in [2.05, 4.69) is 0 Å². The molecule has 14 heavy (non-hydrogen) atoms. The Hall–Kier alpha value is -0.160. The van der Waals surface area contributed by atoms with Gasteiger partial charge in [-0.3, -0.25) is 0 Å². The van der Waals surface area contributed by atoms with E-state index < -0.39 is 6.10 Å². The van der Waals surface area contributed by atoms with E-state index in [0.717, 1.165) is 0 Å². The number of hydrogen-bond donors (Lipinski definition) is 1. The summed E-state index contributed by atoms with van der Waals surface area (Å²) >= 11 is 0. The summed E-state index contributed by atoms with van der Waals surface area (Å²) in [5.74, 6) is 0. The number of ether oxygens (including phenoxy) is 3. The van der Waals surface area contributed by atoms with Gasteiger partial charge in [0.05, 0.1) is 18.3 Å². The van der Waals surface area contributed by atoms with Crippen LogP contribution in [0.5, 0.6) is 0 Å². The third-order valence-electron chi connectivity index (χ3n) is 2.38. The van der Waals surface area contributed by atoms with Gasteiger partial charge in [0.1, 0.15) is 6.10 Å². The van der Waals surface area contributed by atoms with Gasteiger partial charge in [0.15, 0.2) is 0 Å². The quantitative estimate of drug-likeness (QED) is 0.670. The molecule has 0 aromatic rings. The van der Waals surface area contributed by atoms with Gasteiger partial charge in [-0.15, -0.1) is 0 Å². The van der Waals surface area contributed by atoms with E-state index in [-0.39, 0.29) is 18.3 Å². The average molecular weight is 206 g/mol. The van der Waals surface area contributed by atoms with E-state index in [9.17, 15) is 5.11 Å². The van der Waals surface area contributed by atoms with Gasteiger partial charge in [0.25, 0.3) is 0 Å². The summed E-state index contributed by atoms with van der Waals surface area (Å²) in [5.41, 5.74) is 0. The highest BCUT2D eigenvalue weighted by molar-refractivity contribution is 4.77. The third-order valence-corrected chi connectivity index (χ3v) is 2.38. The lowest BCUT2D eigenvalue weighted by Gasteiger charge is -2.28. The second-order valence-corrected chi connectivity index (χ2v) is 3.50. The van der Waals surface area contributed by atoms with Crippen molar-refractivity contribution >= 4 is 0 Å². The fraction of sp³-hybridized carbons (Fsp3) is 1.00. The Balaban J connectivity index is 4.21. The molecule has 4 heteroatoms. The van der Waals surface area contributed by atoms with Gasteiger partial charge in [0.2, 0.25) is 0 Å². The Labute approximate surface area is 86.2 Å². The van der Waals surface area contributed by atoms with Crippen LogP contribution in [0.25, 0.3) is 0 Å². The van der Waals surface area contributed by atoms with Crippen LogP contribution in [-0.2, 0) is 14.2 Å². The van der Waals surface area contributed by atoms with Crippen LogP contribution in [0, 0.1) is 0 Å². The minimum Gasteiger partial charge on any atom is -0.391 e. The molecule has 0 saturated carbocycles. The van der Waals surface area contributed by atoms with E-state index in [1.807, 2.05) is 6.92 Å². The Bertz CT molecular complexity index is 138. The second-order valence-electron chi connectivity index (χ2n) is 3.50. The van der Waals surface area contributed by atoms with Crippen molar-refractivity contribution in [3.63, 3.8) is 0 Å². The molecule has 86 valence electrons. The van der Waals surface area contributed by atoms with Gasteiger partial charge in [-0.2, -0.15) is 0 Å². The van der Waals surface area contributed by atoms with Crippen LogP contribution in [0.2, 0.25) is 0 Å². The van der Waals surface area contributed by atoms with Gasteiger partial charge in [0, 0.05) is 27.8 Å². The number of aliphatic hydroxyl groups excluding tert-OH is 1. The van der Waals surface area contributed by atoms with Crippen molar-refractivity contribution in [2.75, 3.05) is 21.3 Å². The minimum absolute atomic E-state index is 0.0938. The van der Waals surface area contributed by atoms with E-state index in [0.29, 0.717) is 6.42 Å². The van der Waals surface area contributed by atoms with Gasteiger partial charge in [-0.05, 0) is 13.8 Å². The van der Waals surface area contributed by atoms with E-state index in [4.69, 9.17) is 14.2 Å². The topological polar surface area (TPSA) is 47.9 Å². The highest BCUT2D eigenvalue weighted by Crippen LogP contribution is 2.14. The molecule has 4 unspecified atom stereocenters. The monoisotopic (exact) mass is 206 g/mol. The van der Waals surface area contributed by atoms with Gasteiger partial charge >= 0.3 is 0 Å². The minimum atomic E-state index is -0.547. The van der Waals surface area contributed by atoms with Crippen molar-refractivity contribution in [1.82, 2.24) is 0 Å². The molecule has 0 aliphatic heterocycles. The van der Waals surface area contributed by atoms with Crippen LogP contribution in [-0.4, -0.2) is 50.9 Å². The predicted octanol–water partition coefficient (Wildman–Crippen LogP) is 0.822. The Morgan fingerprint density at radius 1 is 1.00 bits per heavy atom. The first kappa shape index (κ1) is 13.8. The summed E-state index contributed by atoms with van der Waals surface area (Å²) in [5, 5.41) is 9.45. The fourth-order valence-corrected chi connectivity index (χ4v) is 1.45. The van der Waals surface area contributed by atoms with Crippen LogP contribution in [0.15, 0.2) is 0 Å². The van der Waals surface area contributed by atoms with Crippen molar-refractivity contribution < 1.29 is 19.3 Å². The SMILES string of the molecule is COC(C)CC(OC)C(OC)C(C)O. The molecule has 0 radical (unpaired) electrons. The summed E-state index contributed by atoms with van der Waals surface area (Å²) < 4.78 is 15.6. The zero-order valence-corrected chi connectivity index (χ0v) is 9.69. The van der Waals surface area contributed by atoms with Crippen LogP contribution >= 0.6 is 0 Å². The van der Waals surface area contributed by atoms with E-state index in [1.165, 1.54) is 0 Å². The maximum Gasteiger partial charge on any atom is 0.109 e. The zero-order valence-electron chi connectivity index (χ0n) is 9.69. The molecule has 4 nitrogen and oxygen atoms in total. The number of hydrogen-bond acceptors (Lipinski definition) is 4. The van der Waals surface area contributed by atoms with Crippen molar-refractivity contribution in [2.24, 2.45) is 0 Å². The lowest BCUT2D eigenvalue weighted by atomic mass is 10.0. The third kappa shape index (κ3) is 4.37. The molecular weight excluding hydrogens is 184 g/mol. The summed E-state index contributed by atoms with van der Waals surface area (Å²) in [6, 6.07) is 0. The molecule has 0 aromatic carbocycles. The molecule has 0 aliphatic rings. The first-order valence-electron chi connectivity index (χ1n) is 4.83. The van der Waals surface area contributed by atoms with E-state index in [1.54, 1.807) is 28.3 Å². The first-order chi connectivity index (χ1) is 6.56. The highest BCUT2D eigenvalue weighted by Gasteiger charge is 2.27. The fourth-order valence-electron chi connectivity index (χ4n) is 1.45. The standard InChI is InChI=1S/C10H22O4/c1-7(12-3)6-9(13-4)10(14-5)8(2)11/h7-11H,6H2,1-5H3. The second kappa shape index (κ2) is 7.17. The lowest BCUT2D eigenvalue weighted by molar-refractivity contribution is -0.103. The van der Waals surface area contributed by atoms with Gasteiger partial charge in [-0.1, -0.05) is 0 Å². The largest absolute Gasteiger partial charge is 0.391 e. The lowest BCUT2D eigenvalue weighted by Crippen LogP contribution is -2.40. The molecule has 0 aromatic heterocycles. The zero-order chi connectivity index (χ0) is 11.1. The average Bonchev–Trinajstić information content (AvgIpc) is 2.16. The van der Waals surface area contributed by atoms with Crippen LogP contribution in [0.1, 0.15) is 20.3 Å². The summed E-state index contributed by atoms with van der Waals surface area (Å²) in [6.07, 6.45) is -0.200.